The van der Waals surface area contributed by atoms with Gasteiger partial charge in [0.25, 0.3) is 5.56 Å². The van der Waals surface area contributed by atoms with Crippen molar-refractivity contribution in [2.45, 2.75) is 32.0 Å². The van der Waals surface area contributed by atoms with Gasteiger partial charge in [0.1, 0.15) is 0 Å². The molecule has 0 amide bonds. The maximum absolute atomic E-state index is 12.5. The highest BCUT2D eigenvalue weighted by Gasteiger charge is 2.10. The summed E-state index contributed by atoms with van der Waals surface area (Å²) in [6.07, 6.45) is 0.916. The molecule has 0 saturated heterocycles. The van der Waals surface area contributed by atoms with Gasteiger partial charge < -0.3 is 4.74 Å². The largest absolute Gasteiger partial charge is 0.381 e. The van der Waals surface area contributed by atoms with E-state index in [1.54, 1.807) is 16.3 Å². The Morgan fingerprint density at radius 1 is 1.30 bits per heavy atom. The molecule has 0 aliphatic heterocycles. The van der Waals surface area contributed by atoms with Crippen molar-refractivity contribution in [1.29, 1.82) is 0 Å². The highest BCUT2D eigenvalue weighted by molar-refractivity contribution is 7.99. The molecule has 0 aliphatic rings. The minimum Gasteiger partial charge on any atom is -0.381 e. The molecule has 5 heteroatoms. The molecule has 0 radical (unpaired) electrons. The van der Waals surface area contributed by atoms with Gasteiger partial charge in [0.05, 0.1) is 17.5 Å². The van der Waals surface area contributed by atoms with Crippen LogP contribution < -0.4 is 5.56 Å². The molecule has 4 nitrogen and oxygen atoms in total. The molecule has 0 unspecified atom stereocenters. The Bertz CT molecular complexity index is 625. The van der Waals surface area contributed by atoms with E-state index in [2.05, 4.69) is 11.9 Å². The lowest BCUT2D eigenvalue weighted by Crippen LogP contribution is -2.23. The Morgan fingerprint density at radius 3 is 2.85 bits per heavy atom. The number of benzene rings is 1. The van der Waals surface area contributed by atoms with E-state index >= 15 is 0 Å². The van der Waals surface area contributed by atoms with Gasteiger partial charge in [-0.3, -0.25) is 9.36 Å². The molecular weight excluding hydrogens is 272 g/mol. The van der Waals surface area contributed by atoms with Gasteiger partial charge in [-0.2, -0.15) is 0 Å². The normalized spacial score (nSPS) is 11.1. The number of fused-ring (bicyclic) bond motifs is 1. The van der Waals surface area contributed by atoms with Gasteiger partial charge >= 0.3 is 0 Å². The van der Waals surface area contributed by atoms with Crippen LogP contribution in [0.2, 0.25) is 0 Å². The zero-order valence-electron chi connectivity index (χ0n) is 12.0. The predicted octanol–water partition coefficient (Wildman–Crippen LogP) is 2.94. The number of hydrogen-bond acceptors (Lipinski definition) is 4. The first-order valence-electron chi connectivity index (χ1n) is 6.98. The lowest BCUT2D eigenvalue weighted by atomic mass is 10.2. The maximum Gasteiger partial charge on any atom is 0.262 e. The number of ether oxygens (including phenoxy) is 1. The fraction of sp³-hybridized carbons (Fsp3) is 0.467. The van der Waals surface area contributed by atoms with Crippen molar-refractivity contribution >= 4 is 22.7 Å². The fourth-order valence-corrected chi connectivity index (χ4v) is 2.89. The Labute approximate surface area is 123 Å². The van der Waals surface area contributed by atoms with Crippen LogP contribution in [0.25, 0.3) is 10.9 Å². The second kappa shape index (κ2) is 7.45. The summed E-state index contributed by atoms with van der Waals surface area (Å²) in [6, 6.07) is 7.52. The van der Waals surface area contributed by atoms with Gasteiger partial charge in [-0.15, -0.1) is 0 Å². The Hall–Kier alpha value is -1.33. The SMILES string of the molecule is CCCn1c(SCCOCC)nc2ccccc2c1=O. The molecule has 0 aliphatic carbocycles. The van der Waals surface area contributed by atoms with Crippen molar-refractivity contribution in [2.24, 2.45) is 0 Å². The molecule has 108 valence electrons. The zero-order chi connectivity index (χ0) is 14.4. The van der Waals surface area contributed by atoms with E-state index in [4.69, 9.17) is 4.74 Å². The summed E-state index contributed by atoms with van der Waals surface area (Å²) in [5, 5.41) is 1.48. The van der Waals surface area contributed by atoms with E-state index in [0.717, 1.165) is 22.8 Å². The van der Waals surface area contributed by atoms with Gasteiger partial charge in [-0.1, -0.05) is 30.8 Å². The number of rotatable bonds is 7. The van der Waals surface area contributed by atoms with Gasteiger partial charge in [0.2, 0.25) is 0 Å². The van der Waals surface area contributed by atoms with Crippen LogP contribution in [0, 0.1) is 0 Å². The van der Waals surface area contributed by atoms with Crippen molar-refractivity contribution in [3.05, 3.63) is 34.6 Å². The van der Waals surface area contributed by atoms with E-state index in [1.807, 2.05) is 31.2 Å². The van der Waals surface area contributed by atoms with Gasteiger partial charge in [0.15, 0.2) is 5.16 Å². The fourth-order valence-electron chi connectivity index (χ4n) is 2.01. The van der Waals surface area contributed by atoms with Crippen LogP contribution in [0.5, 0.6) is 0 Å². The van der Waals surface area contributed by atoms with Gasteiger partial charge in [0, 0.05) is 18.9 Å². The van der Waals surface area contributed by atoms with Gasteiger partial charge in [-0.25, -0.2) is 4.98 Å². The number of thioether (sulfide) groups is 1. The summed E-state index contributed by atoms with van der Waals surface area (Å²) in [7, 11) is 0. The minimum absolute atomic E-state index is 0.0522. The van der Waals surface area contributed by atoms with Crippen molar-refractivity contribution < 1.29 is 4.74 Å². The second-order valence-corrected chi connectivity index (χ2v) is 5.48. The topological polar surface area (TPSA) is 44.1 Å². The van der Waals surface area contributed by atoms with Crippen LogP contribution in [0.1, 0.15) is 20.3 Å². The van der Waals surface area contributed by atoms with E-state index < -0.39 is 0 Å². The molecule has 1 aromatic heterocycles. The predicted molar refractivity (Wildman–Crippen MR) is 83.5 cm³/mol. The average molecular weight is 292 g/mol. The monoisotopic (exact) mass is 292 g/mol. The molecule has 0 saturated carbocycles. The molecule has 1 aromatic carbocycles. The third kappa shape index (κ3) is 3.41. The average Bonchev–Trinajstić information content (AvgIpc) is 2.47. The molecule has 20 heavy (non-hydrogen) atoms. The van der Waals surface area contributed by atoms with Crippen molar-refractivity contribution in [3.63, 3.8) is 0 Å². The molecule has 0 fully saturated rings. The summed E-state index contributed by atoms with van der Waals surface area (Å²) >= 11 is 1.58. The van der Waals surface area contributed by atoms with E-state index in [1.165, 1.54) is 0 Å². The summed E-state index contributed by atoms with van der Waals surface area (Å²) in [5.41, 5.74) is 0.820. The van der Waals surface area contributed by atoms with E-state index in [0.29, 0.717) is 25.1 Å². The van der Waals surface area contributed by atoms with Crippen LogP contribution >= 0.6 is 11.8 Å². The molecule has 0 spiro atoms. The van der Waals surface area contributed by atoms with Crippen molar-refractivity contribution in [1.82, 2.24) is 9.55 Å². The summed E-state index contributed by atoms with van der Waals surface area (Å²) in [4.78, 5) is 17.1. The van der Waals surface area contributed by atoms with E-state index in [9.17, 15) is 4.79 Å². The lowest BCUT2D eigenvalue weighted by Gasteiger charge is -2.12. The smallest absolute Gasteiger partial charge is 0.262 e. The maximum atomic E-state index is 12.5. The first-order chi connectivity index (χ1) is 9.77. The van der Waals surface area contributed by atoms with Crippen LogP contribution in [-0.4, -0.2) is 28.5 Å². The summed E-state index contributed by atoms with van der Waals surface area (Å²) in [5.74, 6) is 0.808. The second-order valence-electron chi connectivity index (χ2n) is 4.41. The molecule has 2 rings (SSSR count). The zero-order valence-corrected chi connectivity index (χ0v) is 12.8. The molecule has 1 heterocycles. The van der Waals surface area contributed by atoms with Crippen molar-refractivity contribution in [3.8, 4) is 0 Å². The quantitative estimate of drug-likeness (QED) is 0.447. The number of hydrogen-bond donors (Lipinski definition) is 0. The molecule has 2 aromatic rings. The Kier molecular flexibility index (Phi) is 5.61. The lowest BCUT2D eigenvalue weighted by molar-refractivity contribution is 0.164. The van der Waals surface area contributed by atoms with Gasteiger partial charge in [-0.05, 0) is 25.5 Å². The number of para-hydroxylation sites is 1. The molecular formula is C15H20N2O2S. The Balaban J connectivity index is 2.35. The first-order valence-corrected chi connectivity index (χ1v) is 7.96. The van der Waals surface area contributed by atoms with Crippen LogP contribution in [0.15, 0.2) is 34.2 Å². The van der Waals surface area contributed by atoms with Crippen LogP contribution in [0.3, 0.4) is 0 Å². The number of nitrogens with zero attached hydrogens (tertiary/aromatic N) is 2. The van der Waals surface area contributed by atoms with Crippen LogP contribution in [0.4, 0.5) is 0 Å². The van der Waals surface area contributed by atoms with Crippen molar-refractivity contribution in [2.75, 3.05) is 19.0 Å². The standard InChI is InChI=1S/C15H20N2O2S/c1-3-9-17-14(18)12-7-5-6-8-13(12)16-15(17)20-11-10-19-4-2/h5-8H,3-4,9-11H2,1-2H3. The molecule has 0 bridgehead atoms. The van der Waals surface area contributed by atoms with E-state index in [-0.39, 0.29) is 5.56 Å². The highest BCUT2D eigenvalue weighted by Crippen LogP contribution is 2.17. The molecule has 0 atom stereocenters. The number of aromatic nitrogens is 2. The molecule has 0 N–H and O–H groups in total. The summed E-state index contributed by atoms with van der Waals surface area (Å²) in [6.45, 7) is 6.14. The Morgan fingerprint density at radius 2 is 2.10 bits per heavy atom. The highest BCUT2D eigenvalue weighted by atomic mass is 32.2. The summed E-state index contributed by atoms with van der Waals surface area (Å²) < 4.78 is 7.11. The first kappa shape index (κ1) is 15.1. The van der Waals surface area contributed by atoms with Crippen LogP contribution in [-0.2, 0) is 11.3 Å². The minimum atomic E-state index is 0.0522. The third-order valence-electron chi connectivity index (χ3n) is 2.94. The third-order valence-corrected chi connectivity index (χ3v) is 3.88.